The fourth-order valence-corrected chi connectivity index (χ4v) is 10.1. The predicted octanol–water partition coefficient (Wildman–Crippen LogP) is 5.11. The largest absolute Gasteiger partial charge is 0.454 e. The molecule has 3 fully saturated rings. The van der Waals surface area contributed by atoms with E-state index in [0.29, 0.717) is 41.9 Å². The molecule has 232 valence electrons. The van der Waals surface area contributed by atoms with Crippen LogP contribution >= 0.6 is 0 Å². The average Bonchev–Trinajstić information content (AvgIpc) is 3.69. The lowest BCUT2D eigenvalue weighted by Crippen LogP contribution is -2.75. The number of carbonyl (C=O) groups is 2. The van der Waals surface area contributed by atoms with Crippen LogP contribution in [0.2, 0.25) is 0 Å². The van der Waals surface area contributed by atoms with Crippen LogP contribution in [0.3, 0.4) is 0 Å². The van der Waals surface area contributed by atoms with Crippen molar-refractivity contribution in [2.45, 2.75) is 94.9 Å². The van der Waals surface area contributed by atoms with Gasteiger partial charge < -0.3 is 24.3 Å². The highest BCUT2D eigenvalue weighted by Crippen LogP contribution is 2.72. The number of pyridine rings is 1. The van der Waals surface area contributed by atoms with Gasteiger partial charge in [0.2, 0.25) is 0 Å². The molecule has 2 N–H and O–H groups in total. The number of hydrogen-bond donors (Lipinski definition) is 2. The molecule has 5 aliphatic rings. The van der Waals surface area contributed by atoms with E-state index in [2.05, 4.69) is 42.0 Å². The first-order valence-corrected chi connectivity index (χ1v) is 16.0. The molecule has 2 bridgehead atoms. The van der Waals surface area contributed by atoms with Gasteiger partial charge in [0.05, 0.1) is 5.69 Å². The Kier molecular flexibility index (Phi) is 5.09. The van der Waals surface area contributed by atoms with Crippen LogP contribution < -0.4 is 0 Å². The van der Waals surface area contributed by atoms with Crippen LogP contribution in [0.15, 0.2) is 60.3 Å². The van der Waals surface area contributed by atoms with Crippen molar-refractivity contribution in [1.29, 1.82) is 0 Å². The average molecular weight is 608 g/mol. The minimum absolute atomic E-state index is 0.0678. The Balaban J connectivity index is 1.24. The quantitative estimate of drug-likeness (QED) is 0.304. The van der Waals surface area contributed by atoms with E-state index in [-0.39, 0.29) is 11.7 Å². The van der Waals surface area contributed by atoms with Crippen LogP contribution in [0, 0.1) is 18.3 Å². The van der Waals surface area contributed by atoms with Crippen molar-refractivity contribution in [1.82, 2.24) is 14.4 Å². The van der Waals surface area contributed by atoms with Crippen molar-refractivity contribution in [3.05, 3.63) is 83.0 Å². The number of imidazole rings is 1. The SMILES string of the molecule is Cc1nc2ccccn2c1C(=O)O[C@H]1C[C@H]2Cc3c([nH]c4ccccc34)[C@]2(C)C2(C)CC[C@@]34O[C@@H](C(=O)C=C3[C@]12O)C(C)(C)O4. The lowest BCUT2D eigenvalue weighted by atomic mass is 9.41. The minimum Gasteiger partial charge on any atom is -0.454 e. The number of ketones is 1. The Morgan fingerprint density at radius 1 is 1.11 bits per heavy atom. The molecule has 0 radical (unpaired) electrons. The van der Waals surface area contributed by atoms with Gasteiger partial charge in [0, 0.05) is 45.6 Å². The number of nitrogens with one attached hydrogen (secondary N) is 1. The molecular weight excluding hydrogens is 570 g/mol. The summed E-state index contributed by atoms with van der Waals surface area (Å²) in [6, 6.07) is 13.9. The summed E-state index contributed by atoms with van der Waals surface area (Å²) >= 11 is 0. The predicted molar refractivity (Wildman–Crippen MR) is 165 cm³/mol. The number of rotatable bonds is 2. The summed E-state index contributed by atoms with van der Waals surface area (Å²) in [4.78, 5) is 36.1. The molecule has 45 heavy (non-hydrogen) atoms. The number of benzene rings is 1. The Hall–Kier alpha value is -3.79. The van der Waals surface area contributed by atoms with Gasteiger partial charge in [0.15, 0.2) is 23.4 Å². The number of carbonyl (C=O) groups excluding carboxylic acids is 2. The maximum atomic E-state index is 14.2. The van der Waals surface area contributed by atoms with Gasteiger partial charge in [-0.25, -0.2) is 9.78 Å². The minimum atomic E-state index is -1.78. The van der Waals surface area contributed by atoms with Gasteiger partial charge in [-0.3, -0.25) is 9.20 Å². The molecule has 1 saturated heterocycles. The number of H-pyrrole nitrogens is 1. The van der Waals surface area contributed by atoms with Gasteiger partial charge in [-0.2, -0.15) is 0 Å². The van der Waals surface area contributed by atoms with E-state index in [9.17, 15) is 14.7 Å². The first-order valence-electron chi connectivity index (χ1n) is 16.0. The first kappa shape index (κ1) is 27.5. The fraction of sp³-hybridized carbons (Fsp3) is 0.472. The van der Waals surface area contributed by atoms with E-state index in [1.807, 2.05) is 38.1 Å². The molecule has 9 heteroatoms. The second-order valence-electron chi connectivity index (χ2n) is 14.7. The molecule has 1 aromatic carbocycles. The standard InChI is InChI=1S/C36H37N3O6/c1-19-28(39-15-9-8-12-27(39)37-19)31(41)43-26-17-20-16-22-21-10-6-7-11-23(21)38-29(22)34(20,5)33(4)13-14-35-25(36(26,33)42)18-24(40)30(44-35)32(2,3)45-35/h6-12,15,18,20,26,30,38,42H,13-14,16-17H2,1-5H3/t20-,26+,30+,33?,34-,35+,36+/m1/s1. The molecule has 5 heterocycles. The van der Waals surface area contributed by atoms with Crippen molar-refractivity contribution >= 4 is 28.3 Å². The maximum Gasteiger partial charge on any atom is 0.357 e. The van der Waals surface area contributed by atoms with Crippen molar-refractivity contribution in [2.24, 2.45) is 11.3 Å². The molecule has 1 unspecified atom stereocenters. The van der Waals surface area contributed by atoms with E-state index in [1.54, 1.807) is 23.6 Å². The normalized spacial score (nSPS) is 37.6. The van der Waals surface area contributed by atoms with Crippen LogP contribution in [-0.2, 0) is 30.8 Å². The lowest BCUT2D eigenvalue weighted by molar-refractivity contribution is -0.273. The third-order valence-corrected chi connectivity index (χ3v) is 12.4. The maximum absolute atomic E-state index is 14.2. The van der Waals surface area contributed by atoms with Gasteiger partial charge in [-0.1, -0.05) is 38.1 Å². The smallest absolute Gasteiger partial charge is 0.357 e. The van der Waals surface area contributed by atoms with E-state index in [0.717, 1.165) is 17.6 Å². The molecule has 2 aliphatic heterocycles. The zero-order valence-electron chi connectivity index (χ0n) is 26.1. The number of ether oxygens (including phenoxy) is 3. The number of para-hydroxylation sites is 1. The number of hydrogen-bond acceptors (Lipinski definition) is 7. The molecule has 3 aromatic heterocycles. The van der Waals surface area contributed by atoms with Gasteiger partial charge in [-0.05, 0) is 75.8 Å². The third kappa shape index (κ3) is 3.07. The van der Waals surface area contributed by atoms with Crippen molar-refractivity contribution < 1.29 is 28.9 Å². The van der Waals surface area contributed by atoms with Crippen LogP contribution in [-0.4, -0.2) is 60.4 Å². The Morgan fingerprint density at radius 3 is 2.71 bits per heavy atom. The van der Waals surface area contributed by atoms with Gasteiger partial charge in [0.1, 0.15) is 23.0 Å². The highest BCUT2D eigenvalue weighted by molar-refractivity contribution is 5.97. The molecular formula is C36H37N3O6. The summed E-state index contributed by atoms with van der Waals surface area (Å²) in [7, 11) is 0. The van der Waals surface area contributed by atoms with E-state index in [1.165, 1.54) is 10.9 Å². The molecule has 9 nitrogen and oxygen atoms in total. The summed E-state index contributed by atoms with van der Waals surface area (Å²) in [6.07, 6.45) is 3.78. The van der Waals surface area contributed by atoms with Gasteiger partial charge in [-0.15, -0.1) is 0 Å². The Labute approximate surface area is 260 Å². The fourth-order valence-electron chi connectivity index (χ4n) is 10.1. The topological polar surface area (TPSA) is 115 Å². The zero-order valence-corrected chi connectivity index (χ0v) is 26.1. The number of aromatic amines is 1. The van der Waals surface area contributed by atoms with E-state index >= 15 is 0 Å². The number of fused-ring (bicyclic) bond motifs is 10. The summed E-state index contributed by atoms with van der Waals surface area (Å²) in [5.41, 5.74) is 1.25. The lowest BCUT2D eigenvalue weighted by Gasteiger charge is -2.67. The van der Waals surface area contributed by atoms with Crippen molar-refractivity contribution in [3.8, 4) is 0 Å². The highest BCUT2D eigenvalue weighted by atomic mass is 16.8. The van der Waals surface area contributed by atoms with Crippen LogP contribution in [0.25, 0.3) is 16.6 Å². The molecule has 7 atom stereocenters. The van der Waals surface area contributed by atoms with E-state index in [4.69, 9.17) is 14.2 Å². The second kappa shape index (κ2) is 8.32. The number of esters is 1. The number of aromatic nitrogens is 3. The second-order valence-corrected chi connectivity index (χ2v) is 14.7. The van der Waals surface area contributed by atoms with Gasteiger partial charge in [0.25, 0.3) is 0 Å². The van der Waals surface area contributed by atoms with Crippen molar-refractivity contribution in [3.63, 3.8) is 0 Å². The molecule has 3 aliphatic carbocycles. The van der Waals surface area contributed by atoms with Crippen LogP contribution in [0.5, 0.6) is 0 Å². The molecule has 1 spiro atoms. The monoisotopic (exact) mass is 607 g/mol. The molecule has 9 rings (SSSR count). The summed E-state index contributed by atoms with van der Waals surface area (Å²) in [5.74, 6) is -2.02. The molecule has 4 aromatic rings. The van der Waals surface area contributed by atoms with Crippen LogP contribution in [0.4, 0.5) is 0 Å². The Morgan fingerprint density at radius 2 is 1.89 bits per heavy atom. The number of aliphatic hydroxyl groups is 1. The summed E-state index contributed by atoms with van der Waals surface area (Å²) < 4.78 is 21.3. The molecule has 0 amide bonds. The third-order valence-electron chi connectivity index (χ3n) is 12.4. The number of aryl methyl sites for hydroxylation is 1. The van der Waals surface area contributed by atoms with Crippen LogP contribution in [0.1, 0.15) is 74.4 Å². The number of nitrogens with zero attached hydrogens (tertiary/aromatic N) is 2. The van der Waals surface area contributed by atoms with E-state index < -0.39 is 46.0 Å². The van der Waals surface area contributed by atoms with Crippen molar-refractivity contribution in [2.75, 3.05) is 0 Å². The first-order chi connectivity index (χ1) is 21.3. The zero-order chi connectivity index (χ0) is 31.3. The molecule has 2 saturated carbocycles. The summed E-state index contributed by atoms with van der Waals surface area (Å²) in [6.45, 7) is 9.84. The highest BCUT2D eigenvalue weighted by Gasteiger charge is 2.78. The summed E-state index contributed by atoms with van der Waals surface area (Å²) in [5, 5.41) is 14.7. The Bertz CT molecular complexity index is 2020. The van der Waals surface area contributed by atoms with Gasteiger partial charge >= 0.3 is 5.97 Å².